The highest BCUT2D eigenvalue weighted by Gasteiger charge is 2.11. The van der Waals surface area contributed by atoms with E-state index in [-0.39, 0.29) is 5.91 Å². The van der Waals surface area contributed by atoms with Gasteiger partial charge in [-0.25, -0.2) is 0 Å². The molecule has 84 valence electrons. The summed E-state index contributed by atoms with van der Waals surface area (Å²) in [6.45, 7) is 0.475. The van der Waals surface area contributed by atoms with Crippen LogP contribution in [0.5, 0.6) is 0 Å². The lowest BCUT2D eigenvalue weighted by atomic mass is 10.3. The van der Waals surface area contributed by atoms with Crippen LogP contribution in [0.2, 0.25) is 0 Å². The van der Waals surface area contributed by atoms with Crippen molar-refractivity contribution < 1.29 is 9.21 Å². The molecule has 0 aliphatic heterocycles. The highest BCUT2D eigenvalue weighted by Crippen LogP contribution is 2.32. The molecule has 0 fully saturated rings. The first-order valence-corrected chi connectivity index (χ1v) is 6.81. The molecule has 2 heterocycles. The smallest absolute Gasteiger partial charge is 0.261 e. The van der Waals surface area contributed by atoms with Crippen molar-refractivity contribution in [3.05, 3.63) is 43.4 Å². The average molecular weight is 365 g/mol. The van der Waals surface area contributed by atoms with E-state index in [1.165, 1.54) is 11.3 Å². The van der Waals surface area contributed by atoms with Crippen LogP contribution in [0.3, 0.4) is 0 Å². The second kappa shape index (κ2) is 5.16. The van der Waals surface area contributed by atoms with Gasteiger partial charge in [0, 0.05) is 16.6 Å². The maximum Gasteiger partial charge on any atom is 0.261 e. The summed E-state index contributed by atoms with van der Waals surface area (Å²) in [6, 6.07) is 3.61. The van der Waals surface area contributed by atoms with Gasteiger partial charge in [0.1, 0.15) is 0 Å². The lowest BCUT2D eigenvalue weighted by molar-refractivity contribution is 0.0955. The maximum absolute atomic E-state index is 11.7. The Bertz CT molecular complexity index is 473. The van der Waals surface area contributed by atoms with E-state index in [2.05, 4.69) is 37.2 Å². The van der Waals surface area contributed by atoms with Gasteiger partial charge in [0.15, 0.2) is 0 Å². The first-order valence-electron chi connectivity index (χ1n) is 4.41. The molecule has 0 saturated heterocycles. The molecule has 0 atom stereocenters. The predicted molar refractivity (Wildman–Crippen MR) is 69.6 cm³/mol. The number of carbonyl (C=O) groups excluding carboxylic acids is 1. The molecule has 6 heteroatoms. The van der Waals surface area contributed by atoms with E-state index in [9.17, 15) is 4.79 Å². The lowest BCUT2D eigenvalue weighted by Crippen LogP contribution is -2.21. The highest BCUT2D eigenvalue weighted by molar-refractivity contribution is 9.13. The number of rotatable bonds is 3. The van der Waals surface area contributed by atoms with Crippen molar-refractivity contribution in [3.8, 4) is 0 Å². The van der Waals surface area contributed by atoms with E-state index in [1.807, 2.05) is 6.07 Å². The van der Waals surface area contributed by atoms with Gasteiger partial charge in [0.25, 0.3) is 5.91 Å². The third-order valence-electron chi connectivity index (χ3n) is 1.90. The van der Waals surface area contributed by atoms with Crippen LogP contribution in [0.15, 0.2) is 37.3 Å². The Balaban J connectivity index is 1.98. The lowest BCUT2D eigenvalue weighted by Gasteiger charge is -1.99. The first-order chi connectivity index (χ1) is 7.66. The standard InChI is InChI=1S/C10H7Br2NO2S/c11-7-3-8(16-9(7)12)10(14)13-4-6-1-2-15-5-6/h1-3,5H,4H2,(H,13,14). The van der Waals surface area contributed by atoms with Gasteiger partial charge in [0.05, 0.1) is 21.2 Å². The molecule has 0 aromatic carbocycles. The molecule has 2 aromatic rings. The molecule has 0 spiro atoms. The number of thiophene rings is 1. The highest BCUT2D eigenvalue weighted by atomic mass is 79.9. The Morgan fingerprint density at radius 1 is 1.50 bits per heavy atom. The molecule has 0 bridgehead atoms. The third kappa shape index (κ3) is 2.75. The minimum absolute atomic E-state index is 0.0856. The summed E-state index contributed by atoms with van der Waals surface area (Å²) in [5.74, 6) is -0.0856. The number of hydrogen-bond donors (Lipinski definition) is 1. The van der Waals surface area contributed by atoms with Gasteiger partial charge >= 0.3 is 0 Å². The van der Waals surface area contributed by atoms with Crippen LogP contribution in [0.1, 0.15) is 15.2 Å². The molecule has 1 N–H and O–H groups in total. The van der Waals surface area contributed by atoms with E-state index in [1.54, 1.807) is 18.6 Å². The topological polar surface area (TPSA) is 42.2 Å². The number of amides is 1. The zero-order valence-corrected chi connectivity index (χ0v) is 12.0. The molecule has 0 aliphatic carbocycles. The predicted octanol–water partition coefficient (Wildman–Crippen LogP) is 3.80. The largest absolute Gasteiger partial charge is 0.472 e. The minimum Gasteiger partial charge on any atom is -0.472 e. The van der Waals surface area contributed by atoms with Gasteiger partial charge < -0.3 is 9.73 Å². The second-order valence-electron chi connectivity index (χ2n) is 3.05. The van der Waals surface area contributed by atoms with E-state index in [0.717, 1.165) is 13.8 Å². The van der Waals surface area contributed by atoms with Gasteiger partial charge in [0.2, 0.25) is 0 Å². The first kappa shape index (κ1) is 11.9. The fraction of sp³-hybridized carbons (Fsp3) is 0.100. The van der Waals surface area contributed by atoms with Gasteiger partial charge in [-0.05, 0) is 44.0 Å². The van der Waals surface area contributed by atoms with E-state index < -0.39 is 0 Å². The van der Waals surface area contributed by atoms with Gasteiger partial charge in [-0.2, -0.15) is 0 Å². The monoisotopic (exact) mass is 363 g/mol. The molecule has 0 unspecified atom stereocenters. The zero-order valence-electron chi connectivity index (χ0n) is 8.00. The molecule has 0 saturated carbocycles. The van der Waals surface area contributed by atoms with Crippen molar-refractivity contribution >= 4 is 49.1 Å². The molecule has 1 amide bonds. The summed E-state index contributed by atoms with van der Waals surface area (Å²) in [5, 5.41) is 2.81. The molecular weight excluding hydrogens is 358 g/mol. The Morgan fingerprint density at radius 3 is 2.88 bits per heavy atom. The van der Waals surface area contributed by atoms with Crippen LogP contribution < -0.4 is 5.32 Å². The van der Waals surface area contributed by atoms with Gasteiger partial charge in [-0.1, -0.05) is 0 Å². The summed E-state index contributed by atoms with van der Waals surface area (Å²) in [5.41, 5.74) is 0.947. The third-order valence-corrected chi connectivity index (χ3v) is 5.16. The van der Waals surface area contributed by atoms with Crippen LogP contribution in [0, 0.1) is 0 Å². The molecule has 2 aromatic heterocycles. The van der Waals surface area contributed by atoms with E-state index in [0.29, 0.717) is 11.4 Å². The number of nitrogens with one attached hydrogen (secondary N) is 1. The molecule has 3 nitrogen and oxygen atoms in total. The quantitative estimate of drug-likeness (QED) is 0.900. The summed E-state index contributed by atoms with van der Waals surface area (Å²) < 4.78 is 6.72. The molecule has 2 rings (SSSR count). The fourth-order valence-corrected chi connectivity index (χ4v) is 3.07. The summed E-state index contributed by atoms with van der Waals surface area (Å²) in [7, 11) is 0. The molecule has 0 radical (unpaired) electrons. The SMILES string of the molecule is O=C(NCc1ccoc1)c1cc(Br)c(Br)s1. The summed E-state index contributed by atoms with van der Waals surface area (Å²) >= 11 is 8.09. The van der Waals surface area contributed by atoms with Crippen molar-refractivity contribution in [2.24, 2.45) is 0 Å². The minimum atomic E-state index is -0.0856. The van der Waals surface area contributed by atoms with Crippen molar-refractivity contribution in [3.63, 3.8) is 0 Å². The van der Waals surface area contributed by atoms with E-state index in [4.69, 9.17) is 4.42 Å². The van der Waals surface area contributed by atoms with Crippen molar-refractivity contribution in [2.75, 3.05) is 0 Å². The number of hydrogen-bond acceptors (Lipinski definition) is 3. The van der Waals surface area contributed by atoms with Crippen LogP contribution >= 0.6 is 43.2 Å². The Kier molecular flexibility index (Phi) is 3.83. The molecule has 0 aliphatic rings. The summed E-state index contributed by atoms with van der Waals surface area (Å²) in [6.07, 6.45) is 3.19. The Hall–Kier alpha value is -0.590. The van der Waals surface area contributed by atoms with Crippen LogP contribution in [0.4, 0.5) is 0 Å². The van der Waals surface area contributed by atoms with Crippen molar-refractivity contribution in [2.45, 2.75) is 6.54 Å². The molecular formula is C10H7Br2NO2S. The van der Waals surface area contributed by atoms with Gasteiger partial charge in [-0.15, -0.1) is 11.3 Å². The molecule has 16 heavy (non-hydrogen) atoms. The number of carbonyl (C=O) groups is 1. The number of furan rings is 1. The summed E-state index contributed by atoms with van der Waals surface area (Å²) in [4.78, 5) is 12.4. The second-order valence-corrected chi connectivity index (χ2v) is 6.27. The Morgan fingerprint density at radius 2 is 2.31 bits per heavy atom. The van der Waals surface area contributed by atoms with Crippen LogP contribution in [0.25, 0.3) is 0 Å². The van der Waals surface area contributed by atoms with Crippen molar-refractivity contribution in [1.29, 1.82) is 0 Å². The maximum atomic E-state index is 11.7. The zero-order chi connectivity index (χ0) is 11.5. The van der Waals surface area contributed by atoms with Crippen LogP contribution in [-0.2, 0) is 6.54 Å². The normalized spacial score (nSPS) is 10.4. The van der Waals surface area contributed by atoms with Crippen molar-refractivity contribution in [1.82, 2.24) is 5.32 Å². The average Bonchev–Trinajstić information content (AvgIpc) is 2.86. The van der Waals surface area contributed by atoms with Gasteiger partial charge in [-0.3, -0.25) is 4.79 Å². The Labute approximate surface area is 113 Å². The van der Waals surface area contributed by atoms with E-state index >= 15 is 0 Å². The fourth-order valence-electron chi connectivity index (χ4n) is 1.12. The number of halogens is 2. The van der Waals surface area contributed by atoms with Crippen LogP contribution in [-0.4, -0.2) is 5.91 Å².